The fraction of sp³-hybridized carbons (Fsp3) is 0.227. The maximum absolute atomic E-state index is 13.4. The topological polar surface area (TPSA) is 20.3 Å². The first-order valence-corrected chi connectivity index (χ1v) is 8.74. The van der Waals surface area contributed by atoms with Crippen molar-refractivity contribution in [3.8, 4) is 0 Å². The first-order chi connectivity index (χ1) is 12.5. The highest BCUT2D eigenvalue weighted by Gasteiger charge is 2.25. The molecule has 2 aromatic carbocycles. The van der Waals surface area contributed by atoms with Crippen LogP contribution in [0.15, 0.2) is 59.7 Å². The number of rotatable bonds is 4. The zero-order valence-electron chi connectivity index (χ0n) is 14.7. The van der Waals surface area contributed by atoms with Crippen molar-refractivity contribution in [3.63, 3.8) is 0 Å². The van der Waals surface area contributed by atoms with Gasteiger partial charge in [-0.25, -0.2) is 8.78 Å². The SMILES string of the molecule is CCCN1CC(=Cc2cccc(F)c2)C(=O)C(=Cc2cccc(F)c2)C1. The standard InChI is InChI=1S/C22H21F2NO/c1-2-9-25-14-18(10-16-5-3-7-20(23)12-16)22(26)19(15-25)11-17-6-4-8-21(24)13-17/h3-8,10-13H,2,9,14-15H2,1H3. The zero-order valence-corrected chi connectivity index (χ0v) is 14.7. The van der Waals surface area contributed by atoms with E-state index in [4.69, 9.17) is 0 Å². The van der Waals surface area contributed by atoms with Gasteiger partial charge in [0.25, 0.3) is 0 Å². The van der Waals surface area contributed by atoms with Gasteiger partial charge in [0.05, 0.1) is 0 Å². The molecule has 0 aromatic heterocycles. The summed E-state index contributed by atoms with van der Waals surface area (Å²) in [5.41, 5.74) is 2.57. The van der Waals surface area contributed by atoms with Crippen molar-refractivity contribution in [1.82, 2.24) is 4.90 Å². The van der Waals surface area contributed by atoms with Crippen LogP contribution < -0.4 is 0 Å². The summed E-state index contributed by atoms with van der Waals surface area (Å²) in [4.78, 5) is 15.1. The summed E-state index contributed by atoms with van der Waals surface area (Å²) < 4.78 is 26.9. The maximum Gasteiger partial charge on any atom is 0.187 e. The molecule has 0 radical (unpaired) electrons. The van der Waals surface area contributed by atoms with Gasteiger partial charge in [-0.15, -0.1) is 0 Å². The van der Waals surface area contributed by atoms with Gasteiger partial charge in [0.1, 0.15) is 11.6 Å². The number of benzene rings is 2. The first-order valence-electron chi connectivity index (χ1n) is 8.74. The van der Waals surface area contributed by atoms with Crippen LogP contribution in [-0.2, 0) is 4.79 Å². The lowest BCUT2D eigenvalue weighted by molar-refractivity contribution is -0.113. The number of hydrogen-bond donors (Lipinski definition) is 0. The van der Waals surface area contributed by atoms with Crippen LogP contribution in [0, 0.1) is 11.6 Å². The number of hydrogen-bond acceptors (Lipinski definition) is 2. The minimum Gasteiger partial charge on any atom is -0.295 e. The van der Waals surface area contributed by atoms with E-state index in [1.807, 2.05) is 0 Å². The van der Waals surface area contributed by atoms with Gasteiger partial charge < -0.3 is 0 Å². The van der Waals surface area contributed by atoms with Gasteiger partial charge in [-0.05, 0) is 60.5 Å². The molecular formula is C22H21F2NO. The van der Waals surface area contributed by atoms with Crippen LogP contribution in [0.1, 0.15) is 24.5 Å². The summed E-state index contributed by atoms with van der Waals surface area (Å²) >= 11 is 0. The molecule has 134 valence electrons. The van der Waals surface area contributed by atoms with Crippen molar-refractivity contribution < 1.29 is 13.6 Å². The fourth-order valence-electron chi connectivity index (χ4n) is 3.18. The van der Waals surface area contributed by atoms with Gasteiger partial charge in [0.15, 0.2) is 5.78 Å². The molecular weight excluding hydrogens is 332 g/mol. The lowest BCUT2D eigenvalue weighted by Gasteiger charge is -2.29. The van der Waals surface area contributed by atoms with Crippen molar-refractivity contribution in [1.29, 1.82) is 0 Å². The quantitative estimate of drug-likeness (QED) is 0.741. The second-order valence-corrected chi connectivity index (χ2v) is 6.49. The van der Waals surface area contributed by atoms with E-state index in [-0.39, 0.29) is 17.4 Å². The van der Waals surface area contributed by atoms with Crippen LogP contribution in [0.5, 0.6) is 0 Å². The Morgan fingerprint density at radius 3 is 1.85 bits per heavy atom. The van der Waals surface area contributed by atoms with Crippen molar-refractivity contribution in [2.75, 3.05) is 19.6 Å². The minimum atomic E-state index is -0.330. The molecule has 1 aliphatic rings. The summed E-state index contributed by atoms with van der Waals surface area (Å²) in [5, 5.41) is 0. The van der Waals surface area contributed by atoms with Crippen molar-refractivity contribution in [3.05, 3.63) is 82.4 Å². The average Bonchev–Trinajstić information content (AvgIpc) is 2.59. The summed E-state index contributed by atoms with van der Waals surface area (Å²) in [6.07, 6.45) is 4.45. The normalized spacial score (nSPS) is 18.7. The van der Waals surface area contributed by atoms with E-state index in [9.17, 15) is 13.6 Å². The average molecular weight is 353 g/mol. The van der Waals surface area contributed by atoms with Gasteiger partial charge >= 0.3 is 0 Å². The van der Waals surface area contributed by atoms with Gasteiger partial charge in [-0.3, -0.25) is 9.69 Å². The number of nitrogens with zero attached hydrogens (tertiary/aromatic N) is 1. The molecule has 2 aromatic rings. The van der Waals surface area contributed by atoms with E-state index < -0.39 is 0 Å². The summed E-state index contributed by atoms with van der Waals surface area (Å²) in [7, 11) is 0. The van der Waals surface area contributed by atoms with Crippen LogP contribution >= 0.6 is 0 Å². The molecule has 1 saturated heterocycles. The van der Waals surface area contributed by atoms with E-state index in [2.05, 4.69) is 11.8 Å². The van der Waals surface area contributed by atoms with Gasteiger partial charge in [0, 0.05) is 24.2 Å². The second kappa shape index (κ2) is 8.19. The van der Waals surface area contributed by atoms with E-state index in [0.717, 1.165) is 13.0 Å². The van der Waals surface area contributed by atoms with Crippen molar-refractivity contribution in [2.24, 2.45) is 0 Å². The second-order valence-electron chi connectivity index (χ2n) is 6.49. The Bertz CT molecular complexity index is 802. The monoisotopic (exact) mass is 353 g/mol. The number of ketones is 1. The van der Waals surface area contributed by atoms with Gasteiger partial charge in [0.2, 0.25) is 0 Å². The molecule has 1 heterocycles. The number of carbonyl (C=O) groups excluding carboxylic acids is 1. The molecule has 0 aliphatic carbocycles. The fourth-order valence-corrected chi connectivity index (χ4v) is 3.18. The highest BCUT2D eigenvalue weighted by atomic mass is 19.1. The van der Waals surface area contributed by atoms with Crippen molar-refractivity contribution in [2.45, 2.75) is 13.3 Å². The van der Waals surface area contributed by atoms with Crippen molar-refractivity contribution >= 4 is 17.9 Å². The molecule has 4 heteroatoms. The first kappa shape index (κ1) is 18.2. The summed E-state index contributed by atoms with van der Waals surface area (Å²) in [5.74, 6) is -0.724. The smallest absolute Gasteiger partial charge is 0.187 e. The Hall–Kier alpha value is -2.59. The largest absolute Gasteiger partial charge is 0.295 e. The Kier molecular flexibility index (Phi) is 5.74. The number of piperidine rings is 1. The molecule has 2 nitrogen and oxygen atoms in total. The van der Waals surface area contributed by atoms with Gasteiger partial charge in [-0.2, -0.15) is 0 Å². The summed E-state index contributed by atoms with van der Waals surface area (Å²) in [6.45, 7) is 4.00. The Morgan fingerprint density at radius 2 is 1.42 bits per heavy atom. The van der Waals surface area contributed by atoms with E-state index in [1.165, 1.54) is 24.3 Å². The molecule has 1 fully saturated rings. The van der Waals surface area contributed by atoms with E-state index in [1.54, 1.807) is 36.4 Å². The zero-order chi connectivity index (χ0) is 18.5. The predicted octanol–water partition coefficient (Wildman–Crippen LogP) is 4.73. The number of Topliss-reactive ketones (excluding diaryl/α,β-unsaturated/α-hetero) is 1. The molecule has 0 saturated carbocycles. The third kappa shape index (κ3) is 4.52. The Morgan fingerprint density at radius 1 is 0.923 bits per heavy atom. The molecule has 26 heavy (non-hydrogen) atoms. The highest BCUT2D eigenvalue weighted by molar-refractivity contribution is 6.14. The molecule has 0 N–H and O–H groups in total. The Labute approximate surface area is 152 Å². The van der Waals surface area contributed by atoms with E-state index in [0.29, 0.717) is 35.4 Å². The molecule has 1 aliphatic heterocycles. The van der Waals surface area contributed by atoms with Crippen LogP contribution in [-0.4, -0.2) is 30.3 Å². The number of likely N-dealkylation sites (tertiary alicyclic amines) is 1. The number of halogens is 2. The third-order valence-corrected chi connectivity index (χ3v) is 4.29. The molecule has 3 rings (SSSR count). The third-order valence-electron chi connectivity index (χ3n) is 4.29. The molecule has 0 atom stereocenters. The minimum absolute atomic E-state index is 0.0640. The molecule has 0 spiro atoms. The summed E-state index contributed by atoms with van der Waals surface area (Å²) in [6, 6.07) is 12.4. The lowest BCUT2D eigenvalue weighted by Crippen LogP contribution is -2.38. The van der Waals surface area contributed by atoms with Gasteiger partial charge in [-0.1, -0.05) is 31.2 Å². The Balaban J connectivity index is 1.96. The maximum atomic E-state index is 13.4. The lowest BCUT2D eigenvalue weighted by atomic mass is 9.94. The van der Waals surface area contributed by atoms with Crippen LogP contribution in [0.3, 0.4) is 0 Å². The molecule has 0 unspecified atom stereocenters. The molecule has 0 bridgehead atoms. The predicted molar refractivity (Wildman–Crippen MR) is 100 cm³/mol. The number of carbonyl (C=O) groups is 1. The van der Waals surface area contributed by atoms with Crippen LogP contribution in [0.2, 0.25) is 0 Å². The molecule has 0 amide bonds. The highest BCUT2D eigenvalue weighted by Crippen LogP contribution is 2.22. The van der Waals surface area contributed by atoms with Crippen LogP contribution in [0.4, 0.5) is 8.78 Å². The van der Waals surface area contributed by atoms with Crippen LogP contribution in [0.25, 0.3) is 12.2 Å². The van der Waals surface area contributed by atoms with E-state index >= 15 is 0 Å².